The summed E-state index contributed by atoms with van der Waals surface area (Å²) in [5.74, 6) is -7.20. The van der Waals surface area contributed by atoms with E-state index >= 15 is 0 Å². The van der Waals surface area contributed by atoms with E-state index in [2.05, 4.69) is 10.6 Å². The van der Waals surface area contributed by atoms with Crippen molar-refractivity contribution in [2.24, 2.45) is 5.73 Å². The van der Waals surface area contributed by atoms with Gasteiger partial charge in [-0.1, -0.05) is 12.1 Å². The van der Waals surface area contributed by atoms with Crippen LogP contribution in [0.5, 0.6) is 5.75 Å². The molecule has 0 radical (unpaired) electrons. The molecule has 0 heterocycles. The number of carboxylic acids is 3. The van der Waals surface area contributed by atoms with Gasteiger partial charge in [0.2, 0.25) is 17.7 Å². The Hall–Kier alpha value is -4.20. The van der Waals surface area contributed by atoms with Gasteiger partial charge in [0.05, 0.1) is 13.0 Å². The standard InChI is InChI=1S/C20H26N4O10/c21-9-15(26)22-13(7-10-1-3-11(25)4-2-10)18(31)24-14(8-17(29)30)19(32)23-12(20(33)34)5-6-16(27)28/h1-4,12-14,25H,5-9,21H2,(H,22,26)(H,23,32)(H,24,31)(H,27,28)(H,29,30)(H,33,34). The van der Waals surface area contributed by atoms with Crippen molar-refractivity contribution in [2.75, 3.05) is 6.54 Å². The van der Waals surface area contributed by atoms with Gasteiger partial charge < -0.3 is 42.1 Å². The molecule has 1 rings (SSSR count). The van der Waals surface area contributed by atoms with Crippen LogP contribution in [-0.2, 0) is 35.2 Å². The first-order chi connectivity index (χ1) is 15.9. The topological polar surface area (TPSA) is 245 Å². The van der Waals surface area contributed by atoms with Crippen molar-refractivity contribution in [1.82, 2.24) is 16.0 Å². The predicted octanol–water partition coefficient (Wildman–Crippen LogP) is -2.23. The fourth-order valence-corrected chi connectivity index (χ4v) is 2.78. The van der Waals surface area contributed by atoms with E-state index in [1.165, 1.54) is 24.3 Å². The number of phenolic OH excluding ortho intramolecular Hbond substituents is 1. The van der Waals surface area contributed by atoms with Crippen LogP contribution in [0.3, 0.4) is 0 Å². The Bertz CT molecular complexity index is 918. The third-order valence-electron chi connectivity index (χ3n) is 4.49. The summed E-state index contributed by atoms with van der Waals surface area (Å²) in [6.07, 6.45) is -2.07. The van der Waals surface area contributed by atoms with Crippen LogP contribution in [0, 0.1) is 0 Å². The Labute approximate surface area is 193 Å². The summed E-state index contributed by atoms with van der Waals surface area (Å²) in [6.45, 7) is -0.456. The van der Waals surface area contributed by atoms with Gasteiger partial charge in [-0.15, -0.1) is 0 Å². The van der Waals surface area contributed by atoms with Gasteiger partial charge in [-0.25, -0.2) is 4.79 Å². The van der Waals surface area contributed by atoms with E-state index in [4.69, 9.17) is 15.9 Å². The first-order valence-corrected chi connectivity index (χ1v) is 9.97. The zero-order valence-corrected chi connectivity index (χ0v) is 17.9. The second kappa shape index (κ2) is 13.4. The van der Waals surface area contributed by atoms with E-state index < -0.39 is 79.6 Å². The molecule has 1 aromatic carbocycles. The number of benzene rings is 1. The predicted molar refractivity (Wildman–Crippen MR) is 113 cm³/mol. The minimum Gasteiger partial charge on any atom is -0.508 e. The van der Waals surface area contributed by atoms with E-state index in [0.717, 1.165) is 0 Å². The molecule has 0 bridgehead atoms. The van der Waals surface area contributed by atoms with Gasteiger partial charge in [-0.3, -0.25) is 24.0 Å². The zero-order valence-electron chi connectivity index (χ0n) is 17.9. The molecule has 9 N–H and O–H groups in total. The van der Waals surface area contributed by atoms with Crippen molar-refractivity contribution >= 4 is 35.6 Å². The third kappa shape index (κ3) is 9.95. The molecule has 14 heteroatoms. The summed E-state index contributed by atoms with van der Waals surface area (Å²) < 4.78 is 0. The van der Waals surface area contributed by atoms with Crippen molar-refractivity contribution in [2.45, 2.75) is 43.8 Å². The normalized spacial score (nSPS) is 13.1. The Balaban J connectivity index is 3.04. The van der Waals surface area contributed by atoms with Crippen molar-refractivity contribution in [1.29, 1.82) is 0 Å². The molecule has 34 heavy (non-hydrogen) atoms. The highest BCUT2D eigenvalue weighted by atomic mass is 16.4. The van der Waals surface area contributed by atoms with Crippen molar-refractivity contribution < 1.29 is 49.2 Å². The molecule has 1 aromatic rings. The number of nitrogens with two attached hydrogens (primary N) is 1. The van der Waals surface area contributed by atoms with Gasteiger partial charge in [0.1, 0.15) is 23.9 Å². The maximum atomic E-state index is 12.8. The largest absolute Gasteiger partial charge is 0.508 e. The minimum absolute atomic E-state index is 0.0372. The lowest BCUT2D eigenvalue weighted by molar-refractivity contribution is -0.144. The number of hydrogen-bond donors (Lipinski definition) is 8. The van der Waals surface area contributed by atoms with Crippen LogP contribution in [0.25, 0.3) is 0 Å². The number of aliphatic carboxylic acids is 3. The number of hydrogen-bond acceptors (Lipinski definition) is 8. The molecule has 0 aliphatic heterocycles. The number of rotatable bonds is 14. The fourth-order valence-electron chi connectivity index (χ4n) is 2.78. The van der Waals surface area contributed by atoms with Gasteiger partial charge >= 0.3 is 17.9 Å². The zero-order chi connectivity index (χ0) is 25.8. The molecule has 0 spiro atoms. The van der Waals surface area contributed by atoms with Crippen LogP contribution in [0.2, 0.25) is 0 Å². The maximum Gasteiger partial charge on any atom is 0.326 e. The van der Waals surface area contributed by atoms with Gasteiger partial charge in [-0.2, -0.15) is 0 Å². The number of phenols is 1. The lowest BCUT2D eigenvalue weighted by atomic mass is 10.0. The average Bonchev–Trinajstić information content (AvgIpc) is 2.76. The maximum absolute atomic E-state index is 12.8. The molecular weight excluding hydrogens is 456 g/mol. The van der Waals surface area contributed by atoms with Gasteiger partial charge in [0.15, 0.2) is 0 Å². The molecule has 3 amide bonds. The lowest BCUT2D eigenvalue weighted by Crippen LogP contribution is -2.57. The number of carboxylic acid groups (broad SMARTS) is 3. The minimum atomic E-state index is -1.73. The first kappa shape index (κ1) is 27.8. The average molecular weight is 482 g/mol. The van der Waals surface area contributed by atoms with E-state index in [-0.39, 0.29) is 12.2 Å². The van der Waals surface area contributed by atoms with Crippen molar-refractivity contribution in [3.05, 3.63) is 29.8 Å². The molecule has 0 fully saturated rings. The summed E-state index contributed by atoms with van der Waals surface area (Å²) in [5, 5.41) is 42.9. The van der Waals surface area contributed by atoms with Crippen LogP contribution in [0.15, 0.2) is 24.3 Å². The second-order valence-corrected chi connectivity index (χ2v) is 7.19. The summed E-state index contributed by atoms with van der Waals surface area (Å²) in [5.41, 5.74) is 5.77. The summed E-state index contributed by atoms with van der Waals surface area (Å²) in [7, 11) is 0. The fraction of sp³-hybridized carbons (Fsp3) is 0.400. The molecule has 0 aliphatic rings. The van der Waals surface area contributed by atoms with E-state index in [1.807, 2.05) is 5.32 Å². The molecule has 14 nitrogen and oxygen atoms in total. The molecule has 186 valence electrons. The van der Waals surface area contributed by atoms with Gasteiger partial charge in [-0.05, 0) is 24.1 Å². The SMILES string of the molecule is NCC(=O)NC(Cc1ccc(O)cc1)C(=O)NC(CC(=O)O)C(=O)NC(CCC(=O)O)C(=O)O. The summed E-state index contributed by atoms with van der Waals surface area (Å²) in [4.78, 5) is 70.3. The number of carbonyl (C=O) groups is 6. The Morgan fingerprint density at radius 3 is 1.85 bits per heavy atom. The monoisotopic (exact) mass is 482 g/mol. The smallest absolute Gasteiger partial charge is 0.326 e. The Morgan fingerprint density at radius 2 is 1.35 bits per heavy atom. The molecule has 3 unspecified atom stereocenters. The number of nitrogens with one attached hydrogen (secondary N) is 3. The van der Waals surface area contributed by atoms with Crippen LogP contribution < -0.4 is 21.7 Å². The van der Waals surface area contributed by atoms with Crippen LogP contribution >= 0.6 is 0 Å². The van der Waals surface area contributed by atoms with Gasteiger partial charge in [0.25, 0.3) is 0 Å². The highest BCUT2D eigenvalue weighted by molar-refractivity contribution is 5.95. The Kier molecular flexibility index (Phi) is 10.9. The van der Waals surface area contributed by atoms with Crippen LogP contribution in [0.1, 0.15) is 24.8 Å². The number of amides is 3. The number of carbonyl (C=O) groups excluding carboxylic acids is 3. The molecule has 0 aromatic heterocycles. The second-order valence-electron chi connectivity index (χ2n) is 7.19. The van der Waals surface area contributed by atoms with Crippen molar-refractivity contribution in [3.63, 3.8) is 0 Å². The van der Waals surface area contributed by atoms with Crippen LogP contribution in [-0.4, -0.2) is 80.7 Å². The molecule has 0 saturated carbocycles. The van der Waals surface area contributed by atoms with E-state index in [9.17, 15) is 39.0 Å². The molecular formula is C20H26N4O10. The van der Waals surface area contributed by atoms with Crippen LogP contribution in [0.4, 0.5) is 0 Å². The highest BCUT2D eigenvalue weighted by Crippen LogP contribution is 2.12. The van der Waals surface area contributed by atoms with E-state index in [1.54, 1.807) is 0 Å². The highest BCUT2D eigenvalue weighted by Gasteiger charge is 2.31. The van der Waals surface area contributed by atoms with Crippen molar-refractivity contribution in [3.8, 4) is 5.75 Å². The molecule has 0 saturated heterocycles. The Morgan fingerprint density at radius 1 is 0.794 bits per heavy atom. The van der Waals surface area contributed by atoms with Gasteiger partial charge in [0, 0.05) is 12.8 Å². The first-order valence-electron chi connectivity index (χ1n) is 9.97. The number of aromatic hydroxyl groups is 1. The quantitative estimate of drug-likeness (QED) is 0.141. The third-order valence-corrected chi connectivity index (χ3v) is 4.49. The van der Waals surface area contributed by atoms with E-state index in [0.29, 0.717) is 5.56 Å². The lowest BCUT2D eigenvalue weighted by Gasteiger charge is -2.23. The summed E-state index contributed by atoms with van der Waals surface area (Å²) in [6, 6.07) is 0.997. The molecule has 0 aliphatic carbocycles. The molecule has 3 atom stereocenters. The summed E-state index contributed by atoms with van der Waals surface area (Å²) >= 11 is 0.